The minimum atomic E-state index is 0.201. The van der Waals surface area contributed by atoms with Gasteiger partial charge in [0.1, 0.15) is 0 Å². The Morgan fingerprint density at radius 1 is 1.22 bits per heavy atom. The number of nitrogens with zero attached hydrogens (tertiary/aromatic N) is 2. The van der Waals surface area contributed by atoms with Gasteiger partial charge in [0.05, 0.1) is 0 Å². The summed E-state index contributed by atoms with van der Waals surface area (Å²) in [6, 6.07) is 9.57. The molecule has 3 aliphatic rings. The molecule has 0 radical (unpaired) electrons. The molecule has 0 saturated carbocycles. The molecule has 1 amide bonds. The van der Waals surface area contributed by atoms with Gasteiger partial charge in [-0.3, -0.25) is 9.69 Å². The van der Waals surface area contributed by atoms with E-state index in [0.29, 0.717) is 18.0 Å². The molecule has 3 fully saturated rings. The van der Waals surface area contributed by atoms with E-state index in [9.17, 15) is 4.79 Å². The Bertz CT molecular complexity index is 459. The van der Waals surface area contributed by atoms with E-state index in [-0.39, 0.29) is 5.91 Å². The molecule has 3 saturated heterocycles. The largest absolute Gasteiger partial charge is 0.340 e. The van der Waals surface area contributed by atoms with Crippen LogP contribution in [-0.2, 0) is 4.79 Å². The fourth-order valence-electron chi connectivity index (χ4n) is 3.30. The molecular weight excluding hydrogens is 292 g/mol. The summed E-state index contributed by atoms with van der Waals surface area (Å²) in [4.78, 5) is 15.8. The number of hydrogen-bond donors (Lipinski definition) is 0. The molecule has 96 valence electrons. The topological polar surface area (TPSA) is 23.6 Å². The summed E-state index contributed by atoms with van der Waals surface area (Å²) < 4.78 is 1.12. The lowest BCUT2D eigenvalue weighted by molar-refractivity contribution is -0.142. The molecule has 3 aliphatic heterocycles. The summed E-state index contributed by atoms with van der Waals surface area (Å²) in [7, 11) is 2.17. The van der Waals surface area contributed by atoms with Crippen LogP contribution in [0.1, 0.15) is 18.4 Å². The summed E-state index contributed by atoms with van der Waals surface area (Å²) in [5.74, 6) is 0.783. The van der Waals surface area contributed by atoms with Gasteiger partial charge in [-0.15, -0.1) is 0 Å². The van der Waals surface area contributed by atoms with Crippen LogP contribution in [0.3, 0.4) is 0 Å². The molecule has 3 nitrogen and oxygen atoms in total. The number of rotatable bonds is 1. The first-order chi connectivity index (χ1) is 8.58. The Morgan fingerprint density at radius 3 is 2.28 bits per heavy atom. The third kappa shape index (κ3) is 1.79. The van der Waals surface area contributed by atoms with E-state index >= 15 is 0 Å². The van der Waals surface area contributed by atoms with Gasteiger partial charge >= 0.3 is 0 Å². The summed E-state index contributed by atoms with van der Waals surface area (Å²) in [5, 5.41) is 0. The van der Waals surface area contributed by atoms with E-state index in [1.165, 1.54) is 5.56 Å². The lowest BCUT2D eigenvalue weighted by atomic mass is 9.72. The molecule has 1 unspecified atom stereocenters. The van der Waals surface area contributed by atoms with E-state index < -0.39 is 0 Å². The number of likely N-dealkylation sites (N-methyl/N-ethyl adjacent to an activating group) is 1. The van der Waals surface area contributed by atoms with Crippen LogP contribution in [0.5, 0.6) is 0 Å². The Labute approximate surface area is 116 Å². The van der Waals surface area contributed by atoms with E-state index in [1.54, 1.807) is 6.92 Å². The third-order valence-electron chi connectivity index (χ3n) is 4.39. The first kappa shape index (κ1) is 12.2. The third-order valence-corrected chi connectivity index (χ3v) is 4.92. The number of hydrogen-bond acceptors (Lipinski definition) is 2. The number of benzene rings is 1. The highest BCUT2D eigenvalue weighted by molar-refractivity contribution is 9.10. The second-order valence-electron chi connectivity index (χ2n) is 5.30. The number of fused-ring (bicyclic) bond motifs is 2. The normalized spacial score (nSPS) is 31.1. The van der Waals surface area contributed by atoms with Gasteiger partial charge in [-0.25, -0.2) is 0 Å². The Morgan fingerprint density at radius 2 is 1.78 bits per heavy atom. The molecule has 4 heteroatoms. The zero-order valence-electron chi connectivity index (χ0n) is 10.6. The predicted molar refractivity (Wildman–Crippen MR) is 74.5 cm³/mol. The maximum Gasteiger partial charge on any atom is 0.219 e. The van der Waals surface area contributed by atoms with Gasteiger partial charge in [0.25, 0.3) is 0 Å². The zero-order chi connectivity index (χ0) is 12.9. The lowest BCUT2D eigenvalue weighted by Crippen LogP contribution is -2.72. The number of halogens is 1. The first-order valence-corrected chi connectivity index (χ1v) is 7.10. The number of carbonyl (C=O) groups excluding carboxylic acids is 1. The van der Waals surface area contributed by atoms with Crippen LogP contribution in [0.2, 0.25) is 0 Å². The SMILES string of the molecule is CC(=O)N1C[C@@H]2C(c3ccc(Br)cc3)[C@H](C1)N2C. The standard InChI is InChI=1S/C14H17BrN2O/c1-9(18)17-7-12-14(13(8-17)16(12)2)10-3-5-11(15)6-4-10/h3-6,12-14H,7-8H2,1-2H3/t12-,13+,14?. The fraction of sp³-hybridized carbons (Fsp3) is 0.500. The molecule has 0 N–H and O–H groups in total. The number of carbonyl (C=O) groups is 1. The van der Waals surface area contributed by atoms with Crippen LogP contribution in [0.15, 0.2) is 28.7 Å². The monoisotopic (exact) mass is 308 g/mol. The van der Waals surface area contributed by atoms with Gasteiger partial charge in [-0.2, -0.15) is 0 Å². The minimum absolute atomic E-state index is 0.201. The van der Waals surface area contributed by atoms with Crippen molar-refractivity contribution >= 4 is 21.8 Å². The Balaban J connectivity index is 1.81. The van der Waals surface area contributed by atoms with Crippen molar-refractivity contribution in [2.45, 2.75) is 24.9 Å². The number of piperazine rings is 1. The first-order valence-electron chi connectivity index (χ1n) is 6.31. The van der Waals surface area contributed by atoms with Gasteiger partial charge in [0, 0.05) is 42.5 Å². The van der Waals surface area contributed by atoms with E-state index in [1.807, 2.05) is 4.90 Å². The summed E-state index contributed by atoms with van der Waals surface area (Å²) in [6.45, 7) is 3.39. The van der Waals surface area contributed by atoms with Crippen molar-refractivity contribution < 1.29 is 4.79 Å². The van der Waals surface area contributed by atoms with Crippen LogP contribution in [-0.4, -0.2) is 47.9 Å². The molecule has 0 aliphatic carbocycles. The number of piperidine rings is 1. The van der Waals surface area contributed by atoms with Crippen molar-refractivity contribution in [1.82, 2.24) is 9.80 Å². The smallest absolute Gasteiger partial charge is 0.219 e. The van der Waals surface area contributed by atoms with E-state index in [2.05, 4.69) is 52.1 Å². The highest BCUT2D eigenvalue weighted by Gasteiger charge is 2.52. The van der Waals surface area contributed by atoms with Crippen LogP contribution >= 0.6 is 15.9 Å². The Hall–Kier alpha value is -0.870. The predicted octanol–water partition coefficient (Wildman–Crippen LogP) is 2.08. The van der Waals surface area contributed by atoms with E-state index in [4.69, 9.17) is 0 Å². The van der Waals surface area contributed by atoms with Crippen molar-refractivity contribution in [1.29, 1.82) is 0 Å². The maximum absolute atomic E-state index is 11.5. The molecule has 0 aromatic heterocycles. The quantitative estimate of drug-likeness (QED) is 0.793. The van der Waals surface area contributed by atoms with Crippen molar-refractivity contribution in [3.63, 3.8) is 0 Å². The minimum Gasteiger partial charge on any atom is -0.340 e. The van der Waals surface area contributed by atoms with Gasteiger partial charge in [0.2, 0.25) is 5.91 Å². The highest BCUT2D eigenvalue weighted by Crippen LogP contribution is 2.43. The summed E-state index contributed by atoms with van der Waals surface area (Å²) in [6.07, 6.45) is 0. The van der Waals surface area contributed by atoms with Gasteiger partial charge in [-0.1, -0.05) is 28.1 Å². The average molecular weight is 309 g/mol. The number of amides is 1. The van der Waals surface area contributed by atoms with Crippen LogP contribution < -0.4 is 0 Å². The van der Waals surface area contributed by atoms with Crippen molar-refractivity contribution in [2.24, 2.45) is 0 Å². The van der Waals surface area contributed by atoms with Crippen LogP contribution in [0.25, 0.3) is 0 Å². The fourth-order valence-corrected chi connectivity index (χ4v) is 3.57. The molecule has 18 heavy (non-hydrogen) atoms. The van der Waals surface area contributed by atoms with Crippen LogP contribution in [0, 0.1) is 0 Å². The molecular formula is C14H17BrN2O. The van der Waals surface area contributed by atoms with Gasteiger partial charge < -0.3 is 4.90 Å². The second kappa shape index (κ2) is 4.35. The van der Waals surface area contributed by atoms with Crippen molar-refractivity contribution in [3.8, 4) is 0 Å². The Kier molecular flexibility index (Phi) is 2.94. The molecule has 3 atom stereocenters. The summed E-state index contributed by atoms with van der Waals surface area (Å²) >= 11 is 3.47. The second-order valence-corrected chi connectivity index (χ2v) is 6.22. The van der Waals surface area contributed by atoms with Crippen LogP contribution in [0.4, 0.5) is 0 Å². The van der Waals surface area contributed by atoms with Crippen molar-refractivity contribution in [2.75, 3.05) is 20.1 Å². The maximum atomic E-state index is 11.5. The van der Waals surface area contributed by atoms with E-state index in [0.717, 1.165) is 17.6 Å². The average Bonchev–Trinajstić information content (AvgIpc) is 2.38. The molecule has 2 bridgehead atoms. The molecule has 1 aromatic rings. The molecule has 1 aromatic carbocycles. The highest BCUT2D eigenvalue weighted by atomic mass is 79.9. The van der Waals surface area contributed by atoms with Gasteiger partial charge in [-0.05, 0) is 24.7 Å². The van der Waals surface area contributed by atoms with Gasteiger partial charge in [0.15, 0.2) is 0 Å². The molecule has 3 heterocycles. The summed E-state index contributed by atoms with van der Waals surface area (Å²) in [5.41, 5.74) is 1.40. The molecule has 4 rings (SSSR count). The molecule has 0 spiro atoms. The van der Waals surface area contributed by atoms with Crippen molar-refractivity contribution in [3.05, 3.63) is 34.3 Å². The zero-order valence-corrected chi connectivity index (χ0v) is 12.2. The lowest BCUT2D eigenvalue weighted by Gasteiger charge is -2.60.